The Morgan fingerprint density at radius 2 is 2.33 bits per heavy atom. The zero-order valence-electron chi connectivity index (χ0n) is 7.17. The van der Waals surface area contributed by atoms with Crippen molar-refractivity contribution in [2.45, 2.75) is 32.3 Å². The van der Waals surface area contributed by atoms with E-state index in [2.05, 4.69) is 0 Å². The van der Waals surface area contributed by atoms with Crippen LogP contribution >= 0.6 is 0 Å². The topological polar surface area (TPSA) is 26.3 Å². The van der Waals surface area contributed by atoms with Crippen LogP contribution in [0.2, 0.25) is 0 Å². The van der Waals surface area contributed by atoms with E-state index in [0.29, 0.717) is 6.42 Å². The van der Waals surface area contributed by atoms with Crippen molar-refractivity contribution in [3.05, 3.63) is 23.5 Å². The highest BCUT2D eigenvalue weighted by Crippen LogP contribution is 2.28. The molecule has 0 N–H and O–H groups in total. The van der Waals surface area contributed by atoms with Gasteiger partial charge in [0, 0.05) is 12.8 Å². The maximum absolute atomic E-state index is 11.3. The Morgan fingerprint density at radius 1 is 1.50 bits per heavy atom. The molecule has 0 saturated heterocycles. The Balaban J connectivity index is 2.31. The molecule has 0 radical (unpaired) electrons. The highest BCUT2D eigenvalue weighted by atomic mass is 16.5. The summed E-state index contributed by atoms with van der Waals surface area (Å²) < 4.78 is 5.53. The third kappa shape index (κ3) is 1.17. The molecule has 2 aliphatic rings. The van der Waals surface area contributed by atoms with Crippen LogP contribution in [-0.2, 0) is 9.53 Å². The van der Waals surface area contributed by atoms with Gasteiger partial charge in [-0.05, 0) is 25.5 Å². The number of hydrogen-bond acceptors (Lipinski definition) is 2. The molecule has 0 spiro atoms. The lowest BCUT2D eigenvalue weighted by Gasteiger charge is -2.24. The van der Waals surface area contributed by atoms with Crippen molar-refractivity contribution in [2.24, 2.45) is 0 Å². The molecule has 0 bridgehead atoms. The number of ether oxygens (including phenoxy) is 1. The molecule has 2 heteroatoms. The molecule has 0 unspecified atom stereocenters. The van der Waals surface area contributed by atoms with Crippen LogP contribution in [-0.4, -0.2) is 11.9 Å². The van der Waals surface area contributed by atoms with Crippen LogP contribution in [0.15, 0.2) is 23.5 Å². The first-order valence-electron chi connectivity index (χ1n) is 4.38. The Kier molecular flexibility index (Phi) is 1.75. The van der Waals surface area contributed by atoms with E-state index in [9.17, 15) is 4.79 Å². The molecule has 0 fully saturated rings. The van der Waals surface area contributed by atoms with Crippen LogP contribution in [0, 0.1) is 0 Å². The quantitative estimate of drug-likeness (QED) is 0.547. The van der Waals surface area contributed by atoms with Gasteiger partial charge in [0.15, 0.2) is 5.78 Å². The molecule has 1 heterocycles. The fraction of sp³-hybridized carbons (Fsp3) is 0.500. The molecule has 0 aromatic rings. The molecule has 0 amide bonds. The molecule has 2 nitrogen and oxygen atoms in total. The summed E-state index contributed by atoms with van der Waals surface area (Å²) in [6.07, 6.45) is 6.52. The highest BCUT2D eigenvalue weighted by Gasteiger charge is 2.23. The van der Waals surface area contributed by atoms with E-state index in [1.165, 1.54) is 0 Å². The maximum Gasteiger partial charge on any atom is 0.166 e. The van der Waals surface area contributed by atoms with Crippen molar-refractivity contribution in [2.75, 3.05) is 0 Å². The first-order valence-corrected chi connectivity index (χ1v) is 4.38. The van der Waals surface area contributed by atoms with Crippen LogP contribution < -0.4 is 0 Å². The van der Waals surface area contributed by atoms with E-state index in [1.54, 1.807) is 0 Å². The second-order valence-corrected chi connectivity index (χ2v) is 3.30. The van der Waals surface area contributed by atoms with Crippen molar-refractivity contribution >= 4 is 5.78 Å². The first-order chi connectivity index (χ1) is 5.77. The summed E-state index contributed by atoms with van der Waals surface area (Å²) in [7, 11) is 0. The Morgan fingerprint density at radius 3 is 3.17 bits per heavy atom. The first kappa shape index (κ1) is 7.59. The number of carbonyl (C=O) groups is 1. The molecule has 0 aromatic heterocycles. The minimum Gasteiger partial charge on any atom is -0.490 e. The Hall–Kier alpha value is -1.05. The van der Waals surface area contributed by atoms with Crippen molar-refractivity contribution in [1.29, 1.82) is 0 Å². The molecule has 12 heavy (non-hydrogen) atoms. The van der Waals surface area contributed by atoms with Gasteiger partial charge < -0.3 is 4.74 Å². The summed E-state index contributed by atoms with van der Waals surface area (Å²) >= 11 is 0. The SMILES string of the molecule is C[C@@H]1C=CC2=C(CCCC2=O)O1. The summed E-state index contributed by atoms with van der Waals surface area (Å²) in [5.41, 5.74) is 0.805. The summed E-state index contributed by atoms with van der Waals surface area (Å²) in [5, 5.41) is 0. The highest BCUT2D eigenvalue weighted by molar-refractivity contribution is 5.99. The maximum atomic E-state index is 11.3. The number of rotatable bonds is 0. The van der Waals surface area contributed by atoms with Crippen LogP contribution in [0.1, 0.15) is 26.2 Å². The van der Waals surface area contributed by atoms with Gasteiger partial charge in [-0.3, -0.25) is 4.79 Å². The Labute approximate surface area is 71.9 Å². The van der Waals surface area contributed by atoms with Crippen LogP contribution in [0.4, 0.5) is 0 Å². The summed E-state index contributed by atoms with van der Waals surface area (Å²) in [6, 6.07) is 0. The Bertz CT molecular complexity index is 274. The standard InChI is InChI=1S/C10H12O2/c1-7-5-6-8-9(11)3-2-4-10(8)12-7/h5-7H,2-4H2,1H3/t7-/m1/s1. The number of hydrogen-bond donors (Lipinski definition) is 0. The van der Waals surface area contributed by atoms with Gasteiger partial charge in [-0.2, -0.15) is 0 Å². The van der Waals surface area contributed by atoms with Crippen LogP contribution in [0.5, 0.6) is 0 Å². The predicted octanol–water partition coefficient (Wildman–Crippen LogP) is 1.97. The van der Waals surface area contributed by atoms with Crippen molar-refractivity contribution in [1.82, 2.24) is 0 Å². The van der Waals surface area contributed by atoms with E-state index in [-0.39, 0.29) is 11.9 Å². The van der Waals surface area contributed by atoms with E-state index >= 15 is 0 Å². The number of Topliss-reactive ketones (excluding diaryl/α,β-unsaturated/α-hetero) is 1. The molecule has 2 rings (SSSR count). The van der Waals surface area contributed by atoms with Gasteiger partial charge in [0.05, 0.1) is 5.57 Å². The molecule has 0 aromatic carbocycles. The average molecular weight is 164 g/mol. The van der Waals surface area contributed by atoms with Gasteiger partial charge in [-0.15, -0.1) is 0 Å². The normalized spacial score (nSPS) is 28.4. The largest absolute Gasteiger partial charge is 0.490 e. The van der Waals surface area contributed by atoms with Gasteiger partial charge in [0.1, 0.15) is 11.9 Å². The molecule has 1 atom stereocenters. The molecule has 0 saturated carbocycles. The minimum atomic E-state index is 0.134. The summed E-state index contributed by atoms with van der Waals surface area (Å²) in [5.74, 6) is 1.14. The average Bonchev–Trinajstić information content (AvgIpc) is 2.04. The molecule has 1 aliphatic carbocycles. The van der Waals surface area contributed by atoms with Gasteiger partial charge in [-0.25, -0.2) is 0 Å². The van der Waals surface area contributed by atoms with E-state index < -0.39 is 0 Å². The zero-order chi connectivity index (χ0) is 8.55. The van der Waals surface area contributed by atoms with Gasteiger partial charge in [0.2, 0.25) is 0 Å². The molecule has 1 aliphatic heterocycles. The van der Waals surface area contributed by atoms with Gasteiger partial charge in [-0.1, -0.05) is 0 Å². The smallest absolute Gasteiger partial charge is 0.166 e. The third-order valence-electron chi connectivity index (χ3n) is 2.27. The lowest BCUT2D eigenvalue weighted by atomic mass is 9.94. The number of carbonyl (C=O) groups excluding carboxylic acids is 1. The fourth-order valence-electron chi connectivity index (χ4n) is 1.64. The van der Waals surface area contributed by atoms with E-state index in [0.717, 1.165) is 24.2 Å². The minimum absolute atomic E-state index is 0.134. The second kappa shape index (κ2) is 2.77. The number of ketones is 1. The zero-order valence-corrected chi connectivity index (χ0v) is 7.17. The fourth-order valence-corrected chi connectivity index (χ4v) is 1.64. The van der Waals surface area contributed by atoms with E-state index in [1.807, 2.05) is 19.1 Å². The summed E-state index contributed by atoms with van der Waals surface area (Å²) in [6.45, 7) is 1.99. The number of allylic oxidation sites excluding steroid dienone is 3. The van der Waals surface area contributed by atoms with Crippen molar-refractivity contribution in [3.8, 4) is 0 Å². The van der Waals surface area contributed by atoms with Crippen molar-refractivity contribution in [3.63, 3.8) is 0 Å². The second-order valence-electron chi connectivity index (χ2n) is 3.30. The molecular weight excluding hydrogens is 152 g/mol. The van der Waals surface area contributed by atoms with Crippen molar-refractivity contribution < 1.29 is 9.53 Å². The summed E-state index contributed by atoms with van der Waals surface area (Å²) in [4.78, 5) is 11.3. The third-order valence-corrected chi connectivity index (χ3v) is 2.27. The monoisotopic (exact) mass is 164 g/mol. The molecule has 64 valence electrons. The van der Waals surface area contributed by atoms with Crippen LogP contribution in [0.3, 0.4) is 0 Å². The van der Waals surface area contributed by atoms with Gasteiger partial charge >= 0.3 is 0 Å². The van der Waals surface area contributed by atoms with E-state index in [4.69, 9.17) is 4.74 Å². The molecular formula is C10H12O2. The van der Waals surface area contributed by atoms with Gasteiger partial charge in [0.25, 0.3) is 0 Å². The lowest BCUT2D eigenvalue weighted by molar-refractivity contribution is -0.116. The predicted molar refractivity (Wildman–Crippen MR) is 45.6 cm³/mol. The van der Waals surface area contributed by atoms with Crippen LogP contribution in [0.25, 0.3) is 0 Å². The lowest BCUT2D eigenvalue weighted by Crippen LogP contribution is -2.18.